The number of rotatable bonds is 3. The molecule has 0 saturated carbocycles. The Labute approximate surface area is 103 Å². The van der Waals surface area contributed by atoms with E-state index in [1.807, 2.05) is 0 Å². The van der Waals surface area contributed by atoms with Crippen LogP contribution in [0.4, 0.5) is 0 Å². The van der Waals surface area contributed by atoms with Gasteiger partial charge in [0.2, 0.25) is 0 Å². The number of hydrogen-bond acceptors (Lipinski definition) is 5. The Bertz CT molecular complexity index is 485. The van der Waals surface area contributed by atoms with Crippen LogP contribution in [0.25, 0.3) is 0 Å². The maximum atomic E-state index is 11.7. The van der Waals surface area contributed by atoms with Gasteiger partial charge in [0.05, 0.1) is 12.1 Å². The summed E-state index contributed by atoms with van der Waals surface area (Å²) >= 11 is 0. The molecule has 0 aliphatic carbocycles. The fourth-order valence-electron chi connectivity index (χ4n) is 1.71. The van der Waals surface area contributed by atoms with E-state index in [2.05, 4.69) is 0 Å². The van der Waals surface area contributed by atoms with Crippen LogP contribution in [0, 0.1) is 0 Å². The van der Waals surface area contributed by atoms with Crippen molar-refractivity contribution >= 4 is 17.7 Å². The molecule has 1 fully saturated rings. The molecule has 0 bridgehead atoms. The number of ketones is 1. The van der Waals surface area contributed by atoms with Crippen LogP contribution in [0.15, 0.2) is 30.3 Å². The number of hydroxylamine groups is 2. The Balaban J connectivity index is 2.07. The van der Waals surface area contributed by atoms with E-state index in [4.69, 9.17) is 9.94 Å². The lowest BCUT2D eigenvalue weighted by Crippen LogP contribution is -2.37. The molecule has 1 aromatic rings. The fourth-order valence-corrected chi connectivity index (χ4v) is 1.71. The van der Waals surface area contributed by atoms with Gasteiger partial charge >= 0.3 is 11.9 Å². The molecule has 0 radical (unpaired) electrons. The van der Waals surface area contributed by atoms with Crippen molar-refractivity contribution in [1.29, 1.82) is 0 Å². The Hall–Kier alpha value is -2.21. The van der Waals surface area contributed by atoms with Crippen LogP contribution in [0.2, 0.25) is 0 Å². The van der Waals surface area contributed by atoms with E-state index in [-0.39, 0.29) is 18.7 Å². The zero-order chi connectivity index (χ0) is 13.1. The zero-order valence-electron chi connectivity index (χ0n) is 9.41. The van der Waals surface area contributed by atoms with Crippen molar-refractivity contribution in [1.82, 2.24) is 5.06 Å². The van der Waals surface area contributed by atoms with Gasteiger partial charge in [-0.15, -0.1) is 5.06 Å². The maximum Gasteiger partial charge on any atom is 0.357 e. The smallest absolute Gasteiger partial charge is 0.357 e. The molecule has 6 nitrogen and oxygen atoms in total. The first-order valence-corrected chi connectivity index (χ1v) is 5.36. The monoisotopic (exact) mass is 249 g/mol. The van der Waals surface area contributed by atoms with Gasteiger partial charge in [0.1, 0.15) is 0 Å². The molecule has 1 N–H and O–H groups in total. The fraction of sp³-hybridized carbons (Fsp3) is 0.250. The molecule has 1 saturated heterocycles. The number of hydrogen-bond donors (Lipinski definition) is 1. The summed E-state index contributed by atoms with van der Waals surface area (Å²) in [6, 6.07) is 7.09. The second-order valence-electron chi connectivity index (χ2n) is 3.92. The van der Waals surface area contributed by atoms with E-state index in [0.29, 0.717) is 5.56 Å². The molecule has 1 aliphatic rings. The first-order chi connectivity index (χ1) is 8.58. The van der Waals surface area contributed by atoms with Crippen molar-refractivity contribution < 1.29 is 24.3 Å². The van der Waals surface area contributed by atoms with Crippen LogP contribution in [0.1, 0.15) is 16.8 Å². The van der Waals surface area contributed by atoms with Crippen LogP contribution in [0.5, 0.6) is 0 Å². The molecule has 0 unspecified atom stereocenters. The minimum atomic E-state index is -1.18. The number of carboxylic acid groups (broad SMARTS) is 1. The van der Waals surface area contributed by atoms with Gasteiger partial charge < -0.3 is 9.94 Å². The third kappa shape index (κ3) is 2.54. The highest BCUT2D eigenvalue weighted by Crippen LogP contribution is 2.16. The summed E-state index contributed by atoms with van der Waals surface area (Å²) in [5, 5.41) is 9.82. The normalized spacial score (nSPS) is 19.8. The van der Waals surface area contributed by atoms with Gasteiger partial charge in [-0.25, -0.2) is 4.79 Å². The quantitative estimate of drug-likeness (QED) is 0.839. The standard InChI is InChI=1S/C12H11NO5/c14-9-6-10(11(15)16)13(7-9)18-12(17)8-4-2-1-3-5-8/h1-5,10H,6-7H2,(H,15,16)/t10-/m1/s1. The van der Waals surface area contributed by atoms with E-state index in [9.17, 15) is 14.4 Å². The molecular formula is C12H11NO5. The minimum absolute atomic E-state index is 0.141. The van der Waals surface area contributed by atoms with E-state index in [1.54, 1.807) is 30.3 Å². The van der Waals surface area contributed by atoms with E-state index in [1.165, 1.54) is 0 Å². The van der Waals surface area contributed by atoms with Gasteiger partial charge in [0.15, 0.2) is 11.8 Å². The highest BCUT2D eigenvalue weighted by Gasteiger charge is 2.38. The van der Waals surface area contributed by atoms with Crippen LogP contribution in [-0.4, -0.2) is 40.5 Å². The molecule has 1 aromatic carbocycles. The van der Waals surface area contributed by atoms with Gasteiger partial charge in [0, 0.05) is 6.42 Å². The second-order valence-corrected chi connectivity index (χ2v) is 3.92. The highest BCUT2D eigenvalue weighted by molar-refractivity contribution is 5.92. The van der Waals surface area contributed by atoms with Crippen molar-refractivity contribution in [3.8, 4) is 0 Å². The topological polar surface area (TPSA) is 83.9 Å². The van der Waals surface area contributed by atoms with Crippen LogP contribution >= 0.6 is 0 Å². The highest BCUT2D eigenvalue weighted by atomic mass is 16.7. The number of Topliss-reactive ketones (excluding diaryl/α,β-unsaturated/α-hetero) is 1. The summed E-state index contributed by atoms with van der Waals surface area (Å²) in [5.41, 5.74) is 0.306. The maximum absolute atomic E-state index is 11.7. The lowest BCUT2D eigenvalue weighted by atomic mass is 10.2. The third-order valence-electron chi connectivity index (χ3n) is 2.60. The van der Waals surface area contributed by atoms with E-state index < -0.39 is 18.0 Å². The summed E-state index contributed by atoms with van der Waals surface area (Å²) in [5.74, 6) is -2.11. The SMILES string of the molecule is O=C1C[C@H](C(=O)O)N(OC(=O)c2ccccc2)C1. The summed E-state index contributed by atoms with van der Waals surface area (Å²) in [6.07, 6.45) is -0.141. The van der Waals surface area contributed by atoms with Gasteiger partial charge in [-0.1, -0.05) is 18.2 Å². The molecule has 2 rings (SSSR count). The van der Waals surface area contributed by atoms with Crippen molar-refractivity contribution in [3.63, 3.8) is 0 Å². The first-order valence-electron chi connectivity index (χ1n) is 5.36. The molecule has 0 amide bonds. The van der Waals surface area contributed by atoms with Crippen LogP contribution in [-0.2, 0) is 14.4 Å². The number of carboxylic acids is 1. The van der Waals surface area contributed by atoms with Gasteiger partial charge in [0.25, 0.3) is 0 Å². The Morgan fingerprint density at radius 1 is 1.28 bits per heavy atom. The molecule has 0 aromatic heterocycles. The predicted molar refractivity (Wildman–Crippen MR) is 59.6 cm³/mol. The molecule has 6 heteroatoms. The molecule has 0 spiro atoms. The summed E-state index contributed by atoms with van der Waals surface area (Å²) in [6.45, 7) is -0.185. The predicted octanol–water partition coefficient (Wildman–Crippen LogP) is 0.486. The Kier molecular flexibility index (Phi) is 3.38. The molecular weight excluding hydrogens is 238 g/mol. The van der Waals surface area contributed by atoms with Crippen LogP contribution < -0.4 is 0 Å². The Morgan fingerprint density at radius 2 is 1.94 bits per heavy atom. The van der Waals surface area contributed by atoms with Crippen molar-refractivity contribution in [2.45, 2.75) is 12.5 Å². The van der Waals surface area contributed by atoms with Gasteiger partial charge in [-0.3, -0.25) is 9.59 Å². The average molecular weight is 249 g/mol. The lowest BCUT2D eigenvalue weighted by molar-refractivity contribution is -0.162. The molecule has 1 aliphatic heterocycles. The number of benzene rings is 1. The first kappa shape index (κ1) is 12.3. The molecule has 94 valence electrons. The summed E-state index contributed by atoms with van der Waals surface area (Å²) in [7, 11) is 0. The summed E-state index contributed by atoms with van der Waals surface area (Å²) in [4.78, 5) is 38.7. The third-order valence-corrected chi connectivity index (χ3v) is 2.60. The molecule has 18 heavy (non-hydrogen) atoms. The number of aliphatic carboxylic acids is 1. The Morgan fingerprint density at radius 3 is 2.56 bits per heavy atom. The number of nitrogens with zero attached hydrogens (tertiary/aromatic N) is 1. The minimum Gasteiger partial charge on any atom is -0.480 e. The average Bonchev–Trinajstić information content (AvgIpc) is 2.71. The molecule has 1 atom stereocenters. The van der Waals surface area contributed by atoms with E-state index >= 15 is 0 Å². The van der Waals surface area contributed by atoms with Crippen molar-refractivity contribution in [2.75, 3.05) is 6.54 Å². The van der Waals surface area contributed by atoms with Crippen LogP contribution in [0.3, 0.4) is 0 Å². The van der Waals surface area contributed by atoms with E-state index in [0.717, 1.165) is 5.06 Å². The van der Waals surface area contributed by atoms with Gasteiger partial charge in [-0.2, -0.15) is 0 Å². The van der Waals surface area contributed by atoms with Gasteiger partial charge in [-0.05, 0) is 12.1 Å². The number of carbonyl (C=O) groups excluding carboxylic acids is 2. The zero-order valence-corrected chi connectivity index (χ0v) is 9.41. The number of carbonyl (C=O) groups is 3. The summed E-state index contributed by atoms with van der Waals surface area (Å²) < 4.78 is 0. The largest absolute Gasteiger partial charge is 0.480 e. The molecule has 1 heterocycles. The van der Waals surface area contributed by atoms with Crippen molar-refractivity contribution in [3.05, 3.63) is 35.9 Å². The lowest BCUT2D eigenvalue weighted by Gasteiger charge is -2.18. The van der Waals surface area contributed by atoms with Crippen molar-refractivity contribution in [2.24, 2.45) is 0 Å². The second kappa shape index (κ2) is 4.97.